The first-order valence-corrected chi connectivity index (χ1v) is 6.30. The van der Waals surface area contributed by atoms with Crippen LogP contribution in [0.15, 0.2) is 4.52 Å². The molecule has 1 N–H and O–H groups in total. The highest BCUT2D eigenvalue weighted by Gasteiger charge is 2.42. The summed E-state index contributed by atoms with van der Waals surface area (Å²) in [4.78, 5) is 4.63. The van der Waals surface area contributed by atoms with E-state index < -0.39 is 0 Å². The summed E-state index contributed by atoms with van der Waals surface area (Å²) < 4.78 is 5.49. The summed E-state index contributed by atoms with van der Waals surface area (Å²) in [6, 6.07) is 0. The van der Waals surface area contributed by atoms with Gasteiger partial charge in [-0.15, -0.1) is 0 Å². The molecule has 0 radical (unpaired) electrons. The normalized spacial score (nSPS) is 37.9. The van der Waals surface area contributed by atoms with Gasteiger partial charge in [-0.3, -0.25) is 0 Å². The van der Waals surface area contributed by atoms with Crippen LogP contribution in [0.5, 0.6) is 0 Å². The Labute approximate surface area is 95.8 Å². The molecule has 1 saturated heterocycles. The molecule has 88 valence electrons. The number of aromatic nitrogens is 2. The highest BCUT2D eigenvalue weighted by atomic mass is 16.5. The highest BCUT2D eigenvalue weighted by Crippen LogP contribution is 2.46. The number of hydrogen-bond donors (Lipinski definition) is 1. The predicted molar refractivity (Wildman–Crippen MR) is 60.3 cm³/mol. The maximum Gasteiger partial charge on any atom is 0.234 e. The molecule has 1 aromatic rings. The van der Waals surface area contributed by atoms with Gasteiger partial charge in [-0.05, 0) is 31.7 Å². The van der Waals surface area contributed by atoms with E-state index in [0.29, 0.717) is 5.92 Å². The average Bonchev–Trinajstić information content (AvgIpc) is 2.81. The first-order valence-electron chi connectivity index (χ1n) is 6.30. The topological polar surface area (TPSA) is 51.0 Å². The molecule has 16 heavy (non-hydrogen) atoms. The van der Waals surface area contributed by atoms with Gasteiger partial charge in [0, 0.05) is 12.5 Å². The summed E-state index contributed by atoms with van der Waals surface area (Å²) in [5.74, 6) is 3.09. The molecule has 1 aliphatic heterocycles. The summed E-state index contributed by atoms with van der Waals surface area (Å²) in [5.41, 5.74) is 0.101. The molecule has 0 aromatic carbocycles. The van der Waals surface area contributed by atoms with Crippen LogP contribution in [0.1, 0.15) is 50.7 Å². The first kappa shape index (κ1) is 10.3. The molecule has 4 heteroatoms. The molecule has 2 heterocycles. The Morgan fingerprint density at radius 1 is 1.56 bits per heavy atom. The lowest BCUT2D eigenvalue weighted by molar-refractivity contribution is 0.283. The van der Waals surface area contributed by atoms with E-state index in [1.807, 2.05) is 0 Å². The van der Waals surface area contributed by atoms with Crippen LogP contribution in [-0.2, 0) is 5.41 Å². The maximum absolute atomic E-state index is 5.49. The lowest BCUT2D eigenvalue weighted by Crippen LogP contribution is -2.28. The fourth-order valence-corrected chi connectivity index (χ4v) is 2.66. The van der Waals surface area contributed by atoms with Crippen molar-refractivity contribution in [3.05, 3.63) is 11.7 Å². The van der Waals surface area contributed by atoms with E-state index in [2.05, 4.69) is 29.3 Å². The minimum absolute atomic E-state index is 0.101. The Morgan fingerprint density at radius 2 is 2.38 bits per heavy atom. The molecule has 1 aliphatic carbocycles. The van der Waals surface area contributed by atoms with Crippen molar-refractivity contribution in [1.29, 1.82) is 0 Å². The van der Waals surface area contributed by atoms with Crippen molar-refractivity contribution in [2.24, 2.45) is 5.92 Å². The number of rotatable bonds is 3. The van der Waals surface area contributed by atoms with Gasteiger partial charge in [0.25, 0.3) is 0 Å². The van der Waals surface area contributed by atoms with E-state index >= 15 is 0 Å². The van der Waals surface area contributed by atoms with Crippen molar-refractivity contribution in [1.82, 2.24) is 15.5 Å². The fourth-order valence-electron chi connectivity index (χ4n) is 2.66. The Bertz CT molecular complexity index is 381. The zero-order chi connectivity index (χ0) is 11.2. The van der Waals surface area contributed by atoms with Crippen molar-refractivity contribution in [3.8, 4) is 0 Å². The third-order valence-electron chi connectivity index (χ3n) is 4.26. The third-order valence-corrected chi connectivity index (χ3v) is 4.26. The molecule has 0 amide bonds. The van der Waals surface area contributed by atoms with Crippen LogP contribution in [0.25, 0.3) is 0 Å². The first-order chi connectivity index (χ1) is 7.75. The zero-order valence-corrected chi connectivity index (χ0v) is 9.99. The quantitative estimate of drug-likeness (QED) is 0.846. The van der Waals surface area contributed by atoms with Crippen LogP contribution in [0.2, 0.25) is 0 Å². The lowest BCUT2D eigenvalue weighted by Gasteiger charge is -2.20. The Hall–Kier alpha value is -0.900. The second-order valence-corrected chi connectivity index (χ2v) is 5.34. The second-order valence-electron chi connectivity index (χ2n) is 5.34. The summed E-state index contributed by atoms with van der Waals surface area (Å²) >= 11 is 0. The largest absolute Gasteiger partial charge is 0.339 e. The van der Waals surface area contributed by atoms with E-state index in [1.54, 1.807) is 0 Å². The molecule has 4 nitrogen and oxygen atoms in total. The molecule has 0 bridgehead atoms. The molecule has 2 aliphatic rings. The van der Waals surface area contributed by atoms with Crippen molar-refractivity contribution < 1.29 is 4.52 Å². The van der Waals surface area contributed by atoms with Crippen molar-refractivity contribution in [3.63, 3.8) is 0 Å². The molecule has 0 spiro atoms. The highest BCUT2D eigenvalue weighted by molar-refractivity contribution is 5.14. The SMILES string of the molecule is CCC1(c2nc(C3CC3C)no2)CCNC1. The van der Waals surface area contributed by atoms with Crippen LogP contribution in [0.3, 0.4) is 0 Å². The monoisotopic (exact) mass is 221 g/mol. The average molecular weight is 221 g/mol. The van der Waals surface area contributed by atoms with Crippen molar-refractivity contribution in [2.45, 2.75) is 44.4 Å². The van der Waals surface area contributed by atoms with Gasteiger partial charge in [0.15, 0.2) is 5.82 Å². The van der Waals surface area contributed by atoms with E-state index in [9.17, 15) is 0 Å². The Kier molecular flexibility index (Phi) is 2.28. The van der Waals surface area contributed by atoms with Gasteiger partial charge in [-0.25, -0.2) is 0 Å². The minimum atomic E-state index is 0.101. The van der Waals surface area contributed by atoms with Crippen LogP contribution in [-0.4, -0.2) is 23.2 Å². The molecule has 3 rings (SSSR count). The van der Waals surface area contributed by atoms with Gasteiger partial charge in [0.05, 0.1) is 5.41 Å². The Morgan fingerprint density at radius 3 is 2.94 bits per heavy atom. The minimum Gasteiger partial charge on any atom is -0.339 e. The molecular formula is C12H19N3O. The third kappa shape index (κ3) is 1.47. The van der Waals surface area contributed by atoms with Crippen LogP contribution < -0.4 is 5.32 Å². The summed E-state index contributed by atoms with van der Waals surface area (Å²) in [6.45, 7) is 6.49. The molecule has 2 fully saturated rings. The fraction of sp³-hybridized carbons (Fsp3) is 0.833. The van der Waals surface area contributed by atoms with Gasteiger partial charge >= 0.3 is 0 Å². The van der Waals surface area contributed by atoms with Crippen LogP contribution in [0, 0.1) is 5.92 Å². The van der Waals surface area contributed by atoms with Crippen LogP contribution >= 0.6 is 0 Å². The van der Waals surface area contributed by atoms with Crippen molar-refractivity contribution in [2.75, 3.05) is 13.1 Å². The lowest BCUT2D eigenvalue weighted by atomic mass is 9.84. The number of nitrogens with zero attached hydrogens (tertiary/aromatic N) is 2. The summed E-state index contributed by atoms with van der Waals surface area (Å²) in [7, 11) is 0. The molecule has 1 aromatic heterocycles. The molecule has 3 atom stereocenters. The standard InChI is InChI=1S/C12H19N3O/c1-3-12(4-5-13-7-12)11-14-10(15-16-11)9-6-8(9)2/h8-9,13H,3-7H2,1-2H3. The molecule has 3 unspecified atom stereocenters. The van der Waals surface area contributed by atoms with Gasteiger partial charge in [0.1, 0.15) is 0 Å². The Balaban J connectivity index is 1.85. The van der Waals surface area contributed by atoms with Gasteiger partial charge < -0.3 is 9.84 Å². The van der Waals surface area contributed by atoms with Gasteiger partial charge in [-0.2, -0.15) is 4.98 Å². The van der Waals surface area contributed by atoms with E-state index in [-0.39, 0.29) is 5.41 Å². The molecule has 1 saturated carbocycles. The predicted octanol–water partition coefficient (Wildman–Crippen LogP) is 1.83. The summed E-state index contributed by atoms with van der Waals surface area (Å²) in [5, 5.41) is 7.55. The number of hydrogen-bond acceptors (Lipinski definition) is 4. The van der Waals surface area contributed by atoms with E-state index in [0.717, 1.165) is 43.6 Å². The maximum atomic E-state index is 5.49. The summed E-state index contributed by atoms with van der Waals surface area (Å²) in [6.07, 6.45) is 3.41. The van der Waals surface area contributed by atoms with E-state index in [4.69, 9.17) is 4.52 Å². The van der Waals surface area contributed by atoms with Gasteiger partial charge in [-0.1, -0.05) is 19.0 Å². The smallest absolute Gasteiger partial charge is 0.234 e. The number of nitrogens with one attached hydrogen (secondary N) is 1. The van der Waals surface area contributed by atoms with Crippen LogP contribution in [0.4, 0.5) is 0 Å². The zero-order valence-electron chi connectivity index (χ0n) is 9.99. The van der Waals surface area contributed by atoms with Crippen molar-refractivity contribution >= 4 is 0 Å². The second kappa shape index (κ2) is 3.55. The van der Waals surface area contributed by atoms with Gasteiger partial charge in [0.2, 0.25) is 5.89 Å². The molecular weight excluding hydrogens is 202 g/mol. The van der Waals surface area contributed by atoms with E-state index in [1.165, 1.54) is 6.42 Å².